The van der Waals surface area contributed by atoms with Crippen LogP contribution in [0.15, 0.2) is 101 Å². The molecule has 8 nitrogen and oxygen atoms in total. The van der Waals surface area contributed by atoms with Crippen LogP contribution in [0, 0.1) is 11.3 Å². The molecular weight excluding hydrogens is 496 g/mol. The summed E-state index contributed by atoms with van der Waals surface area (Å²) in [7, 11) is 0. The summed E-state index contributed by atoms with van der Waals surface area (Å²) in [5.74, 6) is 0.928. The molecule has 5 rings (SSSR count). The zero-order chi connectivity index (χ0) is 26.5. The second kappa shape index (κ2) is 11.1. The van der Waals surface area contributed by atoms with E-state index in [1.165, 1.54) is 11.8 Å². The minimum Gasteiger partial charge on any atom is -0.438 e. The standard InChI is InChI=1S/C29H24N6O2S/c1-19(35-28(31)33-34-29(35)38-18-20-11-5-2-6-12-20)26(36)32-27-23(17-30)24(21-13-7-3-8-14-21)25(37-27)22-15-9-4-10-16-22/h2-16,19H,18H2,1H3,(H2,31,33)(H,32,36). The van der Waals surface area contributed by atoms with Gasteiger partial charge in [0.1, 0.15) is 23.4 Å². The maximum absolute atomic E-state index is 13.4. The van der Waals surface area contributed by atoms with E-state index < -0.39 is 11.9 Å². The van der Waals surface area contributed by atoms with Gasteiger partial charge in [-0.1, -0.05) is 103 Å². The second-order valence-corrected chi connectivity index (χ2v) is 9.45. The van der Waals surface area contributed by atoms with Crippen LogP contribution in [0.5, 0.6) is 0 Å². The lowest BCUT2D eigenvalue weighted by Crippen LogP contribution is -2.25. The molecule has 0 aliphatic carbocycles. The number of hydrogen-bond donors (Lipinski definition) is 2. The van der Waals surface area contributed by atoms with Crippen molar-refractivity contribution >= 4 is 29.5 Å². The van der Waals surface area contributed by atoms with Gasteiger partial charge in [0.2, 0.25) is 17.7 Å². The van der Waals surface area contributed by atoms with Crippen molar-refractivity contribution in [2.24, 2.45) is 0 Å². The summed E-state index contributed by atoms with van der Waals surface area (Å²) in [6.45, 7) is 1.70. The number of nitriles is 1. The topological polar surface area (TPSA) is 123 Å². The number of nitrogens with one attached hydrogen (secondary N) is 1. The van der Waals surface area contributed by atoms with Gasteiger partial charge in [-0.3, -0.25) is 14.7 Å². The number of benzene rings is 3. The van der Waals surface area contributed by atoms with Gasteiger partial charge in [0.15, 0.2) is 5.16 Å². The molecule has 1 unspecified atom stereocenters. The maximum Gasteiger partial charge on any atom is 0.249 e. The molecule has 0 saturated heterocycles. The molecular formula is C29H24N6O2S. The average molecular weight is 521 g/mol. The zero-order valence-corrected chi connectivity index (χ0v) is 21.4. The van der Waals surface area contributed by atoms with Gasteiger partial charge < -0.3 is 10.2 Å². The van der Waals surface area contributed by atoms with Crippen LogP contribution in [0.1, 0.15) is 24.1 Å². The van der Waals surface area contributed by atoms with Crippen LogP contribution in [-0.2, 0) is 10.5 Å². The van der Waals surface area contributed by atoms with Crippen molar-refractivity contribution in [3.05, 3.63) is 102 Å². The first-order valence-electron chi connectivity index (χ1n) is 11.9. The number of rotatable bonds is 8. The monoisotopic (exact) mass is 520 g/mol. The molecule has 0 aliphatic rings. The van der Waals surface area contributed by atoms with Crippen molar-refractivity contribution in [1.29, 1.82) is 5.26 Å². The van der Waals surface area contributed by atoms with Crippen LogP contribution in [0.25, 0.3) is 22.5 Å². The molecule has 3 N–H and O–H groups in total. The molecule has 188 valence electrons. The number of carbonyl (C=O) groups excluding carboxylic acids is 1. The zero-order valence-electron chi connectivity index (χ0n) is 20.5. The summed E-state index contributed by atoms with van der Waals surface area (Å²) in [6.07, 6.45) is 0. The van der Waals surface area contributed by atoms with Crippen LogP contribution in [0.3, 0.4) is 0 Å². The Morgan fingerprint density at radius 3 is 2.24 bits per heavy atom. The van der Waals surface area contributed by atoms with E-state index in [0.717, 1.165) is 16.7 Å². The van der Waals surface area contributed by atoms with Crippen molar-refractivity contribution in [2.75, 3.05) is 11.1 Å². The first kappa shape index (κ1) is 24.9. The molecule has 2 heterocycles. The number of hydrogen-bond acceptors (Lipinski definition) is 7. The minimum absolute atomic E-state index is 0.0761. The quantitative estimate of drug-likeness (QED) is 0.235. The summed E-state index contributed by atoms with van der Waals surface area (Å²) in [5, 5.41) is 21.6. The summed E-state index contributed by atoms with van der Waals surface area (Å²) < 4.78 is 7.73. The number of carbonyl (C=O) groups is 1. The molecule has 0 fully saturated rings. The first-order chi connectivity index (χ1) is 18.6. The number of anilines is 2. The van der Waals surface area contributed by atoms with Gasteiger partial charge in [-0.15, -0.1) is 10.2 Å². The predicted molar refractivity (Wildman–Crippen MR) is 148 cm³/mol. The van der Waals surface area contributed by atoms with E-state index in [9.17, 15) is 10.1 Å². The highest BCUT2D eigenvalue weighted by Gasteiger charge is 2.28. The molecule has 38 heavy (non-hydrogen) atoms. The molecule has 1 atom stereocenters. The summed E-state index contributed by atoms with van der Waals surface area (Å²) in [6, 6.07) is 30.4. The highest BCUT2D eigenvalue weighted by atomic mass is 32.2. The van der Waals surface area contributed by atoms with Gasteiger partial charge in [0, 0.05) is 16.9 Å². The van der Waals surface area contributed by atoms with Crippen LogP contribution in [-0.4, -0.2) is 20.7 Å². The van der Waals surface area contributed by atoms with Gasteiger partial charge in [0.25, 0.3) is 0 Å². The maximum atomic E-state index is 13.4. The van der Waals surface area contributed by atoms with Crippen molar-refractivity contribution in [1.82, 2.24) is 14.8 Å². The number of amides is 1. The highest BCUT2D eigenvalue weighted by Crippen LogP contribution is 2.41. The van der Waals surface area contributed by atoms with Crippen LogP contribution in [0.4, 0.5) is 11.8 Å². The van der Waals surface area contributed by atoms with Crippen molar-refractivity contribution < 1.29 is 9.21 Å². The molecule has 0 bridgehead atoms. The third-order valence-electron chi connectivity index (χ3n) is 6.02. The van der Waals surface area contributed by atoms with E-state index in [2.05, 4.69) is 21.6 Å². The Morgan fingerprint density at radius 1 is 1.00 bits per heavy atom. The molecule has 2 aromatic heterocycles. The third-order valence-corrected chi connectivity index (χ3v) is 7.04. The molecule has 0 aliphatic heterocycles. The summed E-state index contributed by atoms with van der Waals surface area (Å²) in [5.41, 5.74) is 9.67. The fourth-order valence-electron chi connectivity index (χ4n) is 4.11. The molecule has 0 spiro atoms. The number of furan rings is 1. The SMILES string of the molecule is CC(C(=O)Nc1oc(-c2ccccc2)c(-c2ccccc2)c1C#N)n1c(N)nnc1SCc1ccccc1. The summed E-state index contributed by atoms with van der Waals surface area (Å²) in [4.78, 5) is 13.4. The predicted octanol–water partition coefficient (Wildman–Crippen LogP) is 6.15. The van der Waals surface area contributed by atoms with Crippen molar-refractivity contribution in [2.45, 2.75) is 23.9 Å². The Balaban J connectivity index is 1.46. The van der Waals surface area contributed by atoms with Crippen molar-refractivity contribution in [3.8, 4) is 28.5 Å². The average Bonchev–Trinajstić information content (AvgIpc) is 3.52. The Morgan fingerprint density at radius 2 is 1.61 bits per heavy atom. The van der Waals surface area contributed by atoms with E-state index in [4.69, 9.17) is 10.2 Å². The van der Waals surface area contributed by atoms with Crippen LogP contribution >= 0.6 is 11.8 Å². The fraction of sp³-hybridized carbons (Fsp3) is 0.103. The lowest BCUT2D eigenvalue weighted by molar-refractivity contribution is -0.119. The molecule has 0 radical (unpaired) electrons. The number of aromatic nitrogens is 3. The normalized spacial score (nSPS) is 11.6. The Labute approximate surface area is 224 Å². The molecule has 3 aromatic carbocycles. The lowest BCUT2D eigenvalue weighted by Gasteiger charge is -2.15. The van der Waals surface area contributed by atoms with Gasteiger partial charge >= 0.3 is 0 Å². The molecule has 9 heteroatoms. The third kappa shape index (κ3) is 5.03. The Bertz CT molecular complexity index is 1590. The van der Waals surface area contributed by atoms with E-state index in [-0.39, 0.29) is 17.4 Å². The van der Waals surface area contributed by atoms with E-state index >= 15 is 0 Å². The van der Waals surface area contributed by atoms with E-state index in [1.54, 1.807) is 11.5 Å². The lowest BCUT2D eigenvalue weighted by atomic mass is 9.98. The summed E-state index contributed by atoms with van der Waals surface area (Å²) >= 11 is 1.44. The number of nitrogen functional groups attached to an aromatic ring is 1. The van der Waals surface area contributed by atoms with Gasteiger partial charge in [-0.25, -0.2) is 0 Å². The number of nitrogens with zero attached hydrogens (tertiary/aromatic N) is 4. The Hall–Kier alpha value is -4.81. The van der Waals surface area contributed by atoms with E-state index in [0.29, 0.717) is 22.2 Å². The number of thioether (sulfide) groups is 1. The largest absolute Gasteiger partial charge is 0.438 e. The Kier molecular flexibility index (Phi) is 7.24. The second-order valence-electron chi connectivity index (χ2n) is 8.50. The fourth-order valence-corrected chi connectivity index (χ4v) is 5.08. The minimum atomic E-state index is -0.764. The van der Waals surface area contributed by atoms with Gasteiger partial charge in [-0.05, 0) is 18.1 Å². The highest BCUT2D eigenvalue weighted by molar-refractivity contribution is 7.98. The van der Waals surface area contributed by atoms with Crippen molar-refractivity contribution in [3.63, 3.8) is 0 Å². The molecule has 0 saturated carbocycles. The number of nitrogens with two attached hydrogens (primary N) is 1. The molecule has 1 amide bonds. The smallest absolute Gasteiger partial charge is 0.249 e. The van der Waals surface area contributed by atoms with Crippen LogP contribution in [0.2, 0.25) is 0 Å². The first-order valence-corrected chi connectivity index (χ1v) is 12.9. The van der Waals surface area contributed by atoms with Gasteiger partial charge in [0.05, 0.1) is 0 Å². The van der Waals surface area contributed by atoms with Crippen LogP contribution < -0.4 is 11.1 Å². The van der Waals surface area contributed by atoms with Gasteiger partial charge in [-0.2, -0.15) is 5.26 Å². The molecule has 5 aromatic rings. The van der Waals surface area contributed by atoms with E-state index in [1.807, 2.05) is 91.0 Å².